The van der Waals surface area contributed by atoms with E-state index < -0.39 is 0 Å². The Morgan fingerprint density at radius 2 is 1.79 bits per heavy atom. The summed E-state index contributed by atoms with van der Waals surface area (Å²) in [6.45, 7) is 2.22. The predicted molar refractivity (Wildman–Crippen MR) is 82.7 cm³/mol. The second kappa shape index (κ2) is 9.61. The van der Waals surface area contributed by atoms with E-state index in [9.17, 15) is 4.39 Å². The van der Waals surface area contributed by atoms with Crippen LogP contribution in [0.25, 0.3) is 0 Å². The maximum absolute atomic E-state index is 13.6. The fourth-order valence-electron chi connectivity index (χ4n) is 2.20. The monoisotopic (exact) mass is 304 g/mol. The minimum Gasteiger partial charge on any atom is -0.207 e. The Bertz CT molecular complexity index is 346. The molecule has 19 heavy (non-hydrogen) atoms. The van der Waals surface area contributed by atoms with Gasteiger partial charge in [0.2, 0.25) is 0 Å². The molecule has 108 valence electrons. The largest absolute Gasteiger partial charge is 0.207 e. The average molecular weight is 305 g/mol. The zero-order valence-corrected chi connectivity index (χ0v) is 13.1. The Hall–Kier alpha value is -0.270. The first-order valence-electron chi connectivity index (χ1n) is 7.22. The van der Waals surface area contributed by atoms with Crippen molar-refractivity contribution < 1.29 is 4.39 Å². The Balaban J connectivity index is 2.25. The Morgan fingerprint density at radius 3 is 2.47 bits per heavy atom. The van der Waals surface area contributed by atoms with Crippen molar-refractivity contribution in [2.75, 3.05) is 0 Å². The van der Waals surface area contributed by atoms with E-state index in [0.29, 0.717) is 17.0 Å². The molecule has 0 aliphatic carbocycles. The molecule has 0 bridgehead atoms. The van der Waals surface area contributed by atoms with Gasteiger partial charge in [0.25, 0.3) is 0 Å². The van der Waals surface area contributed by atoms with Gasteiger partial charge in [-0.15, -0.1) is 11.6 Å². The molecular formula is C16H23Cl2F. The van der Waals surface area contributed by atoms with E-state index in [4.69, 9.17) is 23.2 Å². The van der Waals surface area contributed by atoms with Crippen molar-refractivity contribution in [2.24, 2.45) is 0 Å². The molecule has 0 fully saturated rings. The molecule has 3 heteroatoms. The van der Waals surface area contributed by atoms with Crippen molar-refractivity contribution >= 4 is 23.2 Å². The lowest BCUT2D eigenvalue weighted by Crippen LogP contribution is -2.05. The normalized spacial score (nSPS) is 12.6. The predicted octanol–water partition coefficient (Wildman–Crippen LogP) is 6.38. The van der Waals surface area contributed by atoms with E-state index in [2.05, 4.69) is 6.92 Å². The number of hydrogen-bond acceptors (Lipinski definition) is 0. The fourth-order valence-corrected chi connectivity index (χ4v) is 2.75. The highest BCUT2D eigenvalue weighted by Crippen LogP contribution is 2.24. The minimum absolute atomic E-state index is 0.0272. The van der Waals surface area contributed by atoms with Crippen LogP contribution in [0.4, 0.5) is 4.39 Å². The highest BCUT2D eigenvalue weighted by atomic mass is 35.5. The highest BCUT2D eigenvalue weighted by molar-refractivity contribution is 6.31. The van der Waals surface area contributed by atoms with Gasteiger partial charge in [-0.3, -0.25) is 0 Å². The van der Waals surface area contributed by atoms with Gasteiger partial charge in [0.15, 0.2) is 0 Å². The first-order chi connectivity index (χ1) is 9.15. The lowest BCUT2D eigenvalue weighted by Gasteiger charge is -2.11. The van der Waals surface area contributed by atoms with Crippen LogP contribution in [0.2, 0.25) is 5.02 Å². The van der Waals surface area contributed by atoms with Crippen LogP contribution in [0.15, 0.2) is 18.2 Å². The maximum Gasteiger partial charge on any atom is 0.127 e. The molecule has 1 atom stereocenters. The van der Waals surface area contributed by atoms with E-state index in [0.717, 1.165) is 12.8 Å². The van der Waals surface area contributed by atoms with Crippen LogP contribution in [-0.4, -0.2) is 5.38 Å². The molecule has 1 unspecified atom stereocenters. The van der Waals surface area contributed by atoms with Gasteiger partial charge >= 0.3 is 0 Å². The molecule has 0 radical (unpaired) electrons. The van der Waals surface area contributed by atoms with Crippen molar-refractivity contribution in [3.8, 4) is 0 Å². The number of rotatable bonds is 9. The molecule has 0 amide bonds. The van der Waals surface area contributed by atoms with Gasteiger partial charge in [-0.2, -0.15) is 0 Å². The van der Waals surface area contributed by atoms with E-state index in [1.807, 2.05) is 0 Å². The average Bonchev–Trinajstić information content (AvgIpc) is 2.38. The van der Waals surface area contributed by atoms with Gasteiger partial charge < -0.3 is 0 Å². The molecule has 0 aliphatic rings. The maximum atomic E-state index is 13.6. The summed E-state index contributed by atoms with van der Waals surface area (Å²) in [5, 5.41) is 0.453. The number of alkyl halides is 1. The molecule has 0 N–H and O–H groups in total. The third-order valence-corrected chi connectivity index (χ3v) is 4.08. The molecule has 0 spiro atoms. The summed E-state index contributed by atoms with van der Waals surface area (Å²) in [6.07, 6.45) is 8.94. The lowest BCUT2D eigenvalue weighted by atomic mass is 10.0. The number of halogens is 3. The summed E-state index contributed by atoms with van der Waals surface area (Å²) in [6, 6.07) is 4.78. The van der Waals surface area contributed by atoms with Crippen LogP contribution >= 0.6 is 23.2 Å². The van der Waals surface area contributed by atoms with Gasteiger partial charge in [-0.25, -0.2) is 4.39 Å². The van der Waals surface area contributed by atoms with Crippen LogP contribution < -0.4 is 0 Å². The second-order valence-corrected chi connectivity index (χ2v) is 6.08. The summed E-state index contributed by atoms with van der Waals surface area (Å²) in [5.41, 5.74) is 0.551. The standard InChI is InChI=1S/C16H23Cl2F/c1-2-3-4-5-6-7-9-13(17)12-14-15(18)10-8-11-16(14)19/h8,10-11,13H,2-7,9,12H2,1H3. The van der Waals surface area contributed by atoms with Crippen molar-refractivity contribution in [2.45, 2.75) is 63.7 Å². The summed E-state index contributed by atoms with van der Waals surface area (Å²) in [5.74, 6) is -0.249. The first kappa shape index (κ1) is 16.8. The first-order valence-corrected chi connectivity index (χ1v) is 8.03. The molecular weight excluding hydrogens is 282 g/mol. The van der Waals surface area contributed by atoms with Crippen molar-refractivity contribution in [3.05, 3.63) is 34.6 Å². The number of benzene rings is 1. The summed E-state index contributed by atoms with van der Waals surface area (Å²) >= 11 is 12.3. The van der Waals surface area contributed by atoms with E-state index in [1.54, 1.807) is 12.1 Å². The third-order valence-electron chi connectivity index (χ3n) is 3.36. The molecule has 0 saturated heterocycles. The SMILES string of the molecule is CCCCCCCCC(Cl)Cc1c(F)cccc1Cl. The van der Waals surface area contributed by atoms with Crippen molar-refractivity contribution in [1.82, 2.24) is 0 Å². The van der Waals surface area contributed by atoms with E-state index in [1.165, 1.54) is 38.2 Å². The topological polar surface area (TPSA) is 0 Å². The third kappa shape index (κ3) is 6.63. The van der Waals surface area contributed by atoms with Crippen molar-refractivity contribution in [1.29, 1.82) is 0 Å². The van der Waals surface area contributed by atoms with Crippen LogP contribution in [0.5, 0.6) is 0 Å². The fraction of sp³-hybridized carbons (Fsp3) is 0.625. The quantitative estimate of drug-likeness (QED) is 0.367. The Morgan fingerprint density at radius 1 is 1.11 bits per heavy atom. The van der Waals surface area contributed by atoms with Crippen molar-refractivity contribution in [3.63, 3.8) is 0 Å². The van der Waals surface area contributed by atoms with E-state index in [-0.39, 0.29) is 11.2 Å². The number of unbranched alkanes of at least 4 members (excludes halogenated alkanes) is 5. The Kier molecular flexibility index (Phi) is 8.48. The number of hydrogen-bond donors (Lipinski definition) is 0. The lowest BCUT2D eigenvalue weighted by molar-refractivity contribution is 0.567. The van der Waals surface area contributed by atoms with Gasteiger partial charge in [-0.05, 0) is 25.0 Å². The summed E-state index contributed by atoms with van der Waals surface area (Å²) in [4.78, 5) is 0. The molecule has 0 aliphatic heterocycles. The molecule has 1 aromatic carbocycles. The summed E-state index contributed by atoms with van der Waals surface area (Å²) in [7, 11) is 0. The molecule has 0 nitrogen and oxygen atoms in total. The molecule has 1 rings (SSSR count). The van der Waals surface area contributed by atoms with Crippen LogP contribution in [-0.2, 0) is 6.42 Å². The zero-order valence-electron chi connectivity index (χ0n) is 11.6. The van der Waals surface area contributed by atoms with Crippen LogP contribution in [0.1, 0.15) is 57.4 Å². The summed E-state index contributed by atoms with van der Waals surface area (Å²) < 4.78 is 13.6. The molecule has 0 heterocycles. The Labute approximate surface area is 126 Å². The van der Waals surface area contributed by atoms with Gasteiger partial charge in [0, 0.05) is 16.0 Å². The highest BCUT2D eigenvalue weighted by Gasteiger charge is 2.12. The van der Waals surface area contributed by atoms with Gasteiger partial charge in [-0.1, -0.05) is 63.1 Å². The second-order valence-electron chi connectivity index (χ2n) is 5.06. The molecule has 1 aromatic rings. The molecule has 0 aromatic heterocycles. The zero-order chi connectivity index (χ0) is 14.1. The minimum atomic E-state index is -0.249. The smallest absolute Gasteiger partial charge is 0.127 e. The van der Waals surface area contributed by atoms with Crippen LogP contribution in [0, 0.1) is 5.82 Å². The molecule has 0 saturated carbocycles. The van der Waals surface area contributed by atoms with E-state index >= 15 is 0 Å². The van der Waals surface area contributed by atoms with Crippen LogP contribution in [0.3, 0.4) is 0 Å². The van der Waals surface area contributed by atoms with Gasteiger partial charge in [0.1, 0.15) is 5.82 Å². The van der Waals surface area contributed by atoms with Gasteiger partial charge in [0.05, 0.1) is 0 Å².